The van der Waals surface area contributed by atoms with Crippen LogP contribution in [0.4, 0.5) is 29.5 Å². The van der Waals surface area contributed by atoms with Gasteiger partial charge in [0.15, 0.2) is 5.82 Å². The molecule has 1 aliphatic heterocycles. The third-order valence-electron chi connectivity index (χ3n) is 4.66. The van der Waals surface area contributed by atoms with Crippen molar-refractivity contribution in [1.29, 1.82) is 0 Å². The molecule has 31 heavy (non-hydrogen) atoms. The summed E-state index contributed by atoms with van der Waals surface area (Å²) in [6.45, 7) is 1.67. The number of carbonyl (C=O) groups is 1. The lowest BCUT2D eigenvalue weighted by atomic mass is 10.2. The number of halogens is 3. The number of hydrogen-bond donors (Lipinski definition) is 1. The fourth-order valence-electron chi connectivity index (χ4n) is 3.22. The molecule has 0 spiro atoms. The van der Waals surface area contributed by atoms with Crippen LogP contribution in [-0.4, -0.2) is 60.6 Å². The molecule has 0 bridgehead atoms. The molecular formula is C19H18F3N5O3S. The van der Waals surface area contributed by atoms with E-state index in [1.54, 1.807) is 11.0 Å². The summed E-state index contributed by atoms with van der Waals surface area (Å²) in [7, 11) is 1.45. The van der Waals surface area contributed by atoms with Gasteiger partial charge in [0.2, 0.25) is 0 Å². The second-order valence-electron chi connectivity index (χ2n) is 6.64. The number of amides is 2. The Kier molecular flexibility index (Phi) is 5.72. The van der Waals surface area contributed by atoms with Gasteiger partial charge < -0.3 is 19.3 Å². The van der Waals surface area contributed by atoms with Crippen molar-refractivity contribution < 1.29 is 27.4 Å². The van der Waals surface area contributed by atoms with E-state index in [0.29, 0.717) is 42.2 Å². The Hall–Kier alpha value is -3.28. The number of nitrogens with one attached hydrogen (secondary N) is 1. The fraction of sp³-hybridized carbons (Fsp3) is 0.316. The van der Waals surface area contributed by atoms with Gasteiger partial charge in [0, 0.05) is 37.9 Å². The SMILES string of the molecule is COc1nc2ccsc2nc1NC(=O)N1CCN(c2cccc(OC(F)(F)F)c2)CC1. The van der Waals surface area contributed by atoms with E-state index in [0.717, 1.165) is 0 Å². The molecule has 1 aliphatic rings. The average molecular weight is 453 g/mol. The van der Waals surface area contributed by atoms with Gasteiger partial charge in [0.1, 0.15) is 16.1 Å². The maximum atomic E-state index is 12.7. The summed E-state index contributed by atoms with van der Waals surface area (Å²) in [6, 6.07) is 7.25. The zero-order valence-corrected chi connectivity index (χ0v) is 17.2. The molecule has 0 atom stereocenters. The van der Waals surface area contributed by atoms with Crippen LogP contribution in [0.25, 0.3) is 10.3 Å². The monoisotopic (exact) mass is 453 g/mol. The molecule has 164 valence electrons. The van der Waals surface area contributed by atoms with Crippen LogP contribution in [0.15, 0.2) is 35.7 Å². The first kappa shape index (κ1) is 21.0. The highest BCUT2D eigenvalue weighted by Gasteiger charge is 2.31. The number of carbonyl (C=O) groups excluding carboxylic acids is 1. The van der Waals surface area contributed by atoms with E-state index in [9.17, 15) is 18.0 Å². The number of benzene rings is 1. The molecule has 1 saturated heterocycles. The minimum atomic E-state index is -4.74. The largest absolute Gasteiger partial charge is 0.573 e. The summed E-state index contributed by atoms with van der Waals surface area (Å²) in [5, 5.41) is 4.58. The van der Waals surface area contributed by atoms with E-state index in [1.165, 1.54) is 36.6 Å². The molecule has 1 N–H and O–H groups in total. The van der Waals surface area contributed by atoms with Crippen molar-refractivity contribution in [3.05, 3.63) is 35.7 Å². The lowest BCUT2D eigenvalue weighted by Gasteiger charge is -2.36. The summed E-state index contributed by atoms with van der Waals surface area (Å²) in [5.74, 6) is 0.182. The van der Waals surface area contributed by atoms with E-state index in [-0.39, 0.29) is 23.5 Å². The van der Waals surface area contributed by atoms with Crippen molar-refractivity contribution in [1.82, 2.24) is 14.9 Å². The quantitative estimate of drug-likeness (QED) is 0.645. The number of anilines is 2. The zero-order valence-electron chi connectivity index (χ0n) is 16.3. The molecule has 0 saturated carbocycles. The predicted molar refractivity (Wildman–Crippen MR) is 110 cm³/mol. The minimum absolute atomic E-state index is 0.222. The van der Waals surface area contributed by atoms with Crippen LogP contribution >= 0.6 is 11.3 Å². The van der Waals surface area contributed by atoms with Crippen LogP contribution in [0.3, 0.4) is 0 Å². The molecule has 0 radical (unpaired) electrons. The molecule has 3 aromatic rings. The van der Waals surface area contributed by atoms with Gasteiger partial charge in [-0.3, -0.25) is 5.32 Å². The van der Waals surface area contributed by atoms with Crippen molar-refractivity contribution in [2.45, 2.75) is 6.36 Å². The Morgan fingerprint density at radius 3 is 2.65 bits per heavy atom. The third-order valence-corrected chi connectivity index (χ3v) is 5.46. The molecule has 4 rings (SSSR count). The van der Waals surface area contributed by atoms with Crippen LogP contribution in [0.1, 0.15) is 0 Å². The number of thiophene rings is 1. The first-order valence-corrected chi connectivity index (χ1v) is 10.2. The van der Waals surface area contributed by atoms with E-state index >= 15 is 0 Å². The van der Waals surface area contributed by atoms with Crippen molar-refractivity contribution >= 4 is 39.2 Å². The molecule has 2 aromatic heterocycles. The van der Waals surface area contributed by atoms with Crippen LogP contribution in [-0.2, 0) is 0 Å². The Bertz CT molecular complexity index is 1080. The zero-order chi connectivity index (χ0) is 22.0. The number of rotatable bonds is 4. The van der Waals surface area contributed by atoms with Crippen molar-refractivity contribution in [2.75, 3.05) is 43.5 Å². The van der Waals surface area contributed by atoms with Crippen LogP contribution in [0.5, 0.6) is 11.6 Å². The minimum Gasteiger partial charge on any atom is -0.478 e. The molecular weight excluding hydrogens is 435 g/mol. The van der Waals surface area contributed by atoms with E-state index in [2.05, 4.69) is 20.0 Å². The molecule has 0 aliphatic carbocycles. The molecule has 1 aromatic carbocycles. The smallest absolute Gasteiger partial charge is 0.478 e. The lowest BCUT2D eigenvalue weighted by molar-refractivity contribution is -0.274. The summed E-state index contributed by atoms with van der Waals surface area (Å²) in [6.07, 6.45) is -4.74. The second-order valence-corrected chi connectivity index (χ2v) is 7.54. The Morgan fingerprint density at radius 1 is 1.16 bits per heavy atom. The number of methoxy groups -OCH3 is 1. The standard InChI is InChI=1S/C19H18F3N5O3S/c1-29-16-15(24-17-14(23-16)5-10-31-17)25-18(28)27-8-6-26(7-9-27)12-3-2-4-13(11-12)30-19(20,21)22/h2-5,10-11H,6-9H2,1H3,(H,24,25,28). The van der Waals surface area contributed by atoms with Crippen LogP contribution < -0.4 is 19.7 Å². The Labute approximate surface area is 179 Å². The maximum absolute atomic E-state index is 12.7. The van der Waals surface area contributed by atoms with Crippen molar-refractivity contribution in [2.24, 2.45) is 0 Å². The number of hydrogen-bond acceptors (Lipinski definition) is 7. The van der Waals surface area contributed by atoms with Crippen molar-refractivity contribution in [3.8, 4) is 11.6 Å². The van der Waals surface area contributed by atoms with Gasteiger partial charge in [-0.05, 0) is 23.6 Å². The van der Waals surface area contributed by atoms with Crippen molar-refractivity contribution in [3.63, 3.8) is 0 Å². The van der Waals surface area contributed by atoms with Crippen LogP contribution in [0.2, 0.25) is 0 Å². The molecule has 3 heterocycles. The normalized spacial score (nSPS) is 14.6. The number of alkyl halides is 3. The number of aromatic nitrogens is 2. The van der Waals surface area contributed by atoms with Crippen LogP contribution in [0, 0.1) is 0 Å². The summed E-state index contributed by atoms with van der Waals surface area (Å²) >= 11 is 1.40. The summed E-state index contributed by atoms with van der Waals surface area (Å²) in [5.41, 5.74) is 1.28. The third kappa shape index (κ3) is 4.90. The highest BCUT2D eigenvalue weighted by Crippen LogP contribution is 2.28. The maximum Gasteiger partial charge on any atom is 0.573 e. The molecule has 0 unspecified atom stereocenters. The number of ether oxygens (including phenoxy) is 2. The van der Waals surface area contributed by atoms with Gasteiger partial charge in [-0.2, -0.15) is 0 Å². The average Bonchev–Trinajstić information content (AvgIpc) is 3.19. The topological polar surface area (TPSA) is 79.8 Å². The Balaban J connectivity index is 1.39. The first-order chi connectivity index (χ1) is 14.8. The highest BCUT2D eigenvalue weighted by atomic mass is 32.1. The van der Waals surface area contributed by atoms with E-state index < -0.39 is 6.36 Å². The number of urea groups is 1. The molecule has 8 nitrogen and oxygen atoms in total. The van der Waals surface area contributed by atoms with Gasteiger partial charge in [-0.15, -0.1) is 24.5 Å². The predicted octanol–water partition coefficient (Wildman–Crippen LogP) is 3.95. The molecule has 12 heteroatoms. The van der Waals surface area contributed by atoms with E-state index in [1.807, 2.05) is 16.3 Å². The van der Waals surface area contributed by atoms with Gasteiger partial charge in [0.25, 0.3) is 5.88 Å². The number of piperazine rings is 1. The lowest BCUT2D eigenvalue weighted by Crippen LogP contribution is -2.50. The fourth-order valence-corrected chi connectivity index (χ4v) is 3.93. The number of fused-ring (bicyclic) bond motifs is 1. The Morgan fingerprint density at radius 2 is 1.94 bits per heavy atom. The number of nitrogens with zero attached hydrogens (tertiary/aromatic N) is 4. The molecule has 2 amide bonds. The van der Waals surface area contributed by atoms with Gasteiger partial charge >= 0.3 is 12.4 Å². The van der Waals surface area contributed by atoms with Gasteiger partial charge in [-0.25, -0.2) is 14.8 Å². The van der Waals surface area contributed by atoms with Gasteiger partial charge in [-0.1, -0.05) is 6.07 Å². The van der Waals surface area contributed by atoms with E-state index in [4.69, 9.17) is 4.74 Å². The second kappa shape index (κ2) is 8.46. The first-order valence-electron chi connectivity index (χ1n) is 9.28. The summed E-state index contributed by atoms with van der Waals surface area (Å²) < 4.78 is 46.6. The highest BCUT2D eigenvalue weighted by molar-refractivity contribution is 7.16. The molecule has 1 fully saturated rings. The van der Waals surface area contributed by atoms with Gasteiger partial charge in [0.05, 0.1) is 7.11 Å². The summed E-state index contributed by atoms with van der Waals surface area (Å²) in [4.78, 5) is 25.6.